The van der Waals surface area contributed by atoms with Gasteiger partial charge in [0.05, 0.1) is 19.7 Å². The lowest BCUT2D eigenvalue weighted by Gasteiger charge is -2.35. The minimum Gasteiger partial charge on any atom is -0.494 e. The molecule has 0 bridgehead atoms. The molecule has 2 aliphatic heterocycles. The molecule has 1 atom stereocenters. The van der Waals surface area contributed by atoms with Crippen molar-refractivity contribution in [3.63, 3.8) is 0 Å². The number of hydrogen-bond donors (Lipinski definition) is 1. The van der Waals surface area contributed by atoms with Gasteiger partial charge < -0.3 is 19.3 Å². The van der Waals surface area contributed by atoms with Gasteiger partial charge in [-0.1, -0.05) is 0 Å². The first-order chi connectivity index (χ1) is 14.8. The number of fused-ring (bicyclic) bond motifs is 2. The maximum atomic E-state index is 12.6. The van der Waals surface area contributed by atoms with Gasteiger partial charge in [-0.25, -0.2) is 4.79 Å². The van der Waals surface area contributed by atoms with E-state index < -0.39 is 17.1 Å². The molecule has 31 heavy (non-hydrogen) atoms. The molecule has 2 aliphatic rings. The van der Waals surface area contributed by atoms with Gasteiger partial charge in [0, 0.05) is 31.9 Å². The zero-order valence-electron chi connectivity index (χ0n) is 18.3. The third kappa shape index (κ3) is 3.27. The van der Waals surface area contributed by atoms with E-state index in [0.29, 0.717) is 29.5 Å². The number of aromatic hydroxyl groups is 1. The highest BCUT2D eigenvalue weighted by atomic mass is 16.7. The quantitative estimate of drug-likeness (QED) is 0.707. The van der Waals surface area contributed by atoms with E-state index in [1.54, 1.807) is 14.0 Å². The monoisotopic (exact) mass is 430 g/mol. The standard InChI is InChI=1S/C21H26N4O6/c1-11(15-19(26)24(3)21(28)25(4)20(15)27)22-9-13-16-12(6-7-23(13)2)8-14-17(18(16)29-5)31-10-30-14/h8,13,26H,6-7,9-10H2,1-5H3/t13-/m1/s1. The molecule has 10 nitrogen and oxygen atoms in total. The summed E-state index contributed by atoms with van der Waals surface area (Å²) in [6.45, 7) is 2.96. The molecule has 1 N–H and O–H groups in total. The molecule has 0 saturated heterocycles. The number of aliphatic imine (C=N–C) groups is 1. The number of methoxy groups -OCH3 is 1. The lowest BCUT2D eigenvalue weighted by atomic mass is 9.91. The second-order valence-corrected chi connectivity index (χ2v) is 7.79. The molecule has 0 saturated carbocycles. The molecule has 0 fully saturated rings. The molecule has 0 aliphatic carbocycles. The number of nitrogens with zero attached hydrogens (tertiary/aromatic N) is 4. The molecule has 0 radical (unpaired) electrons. The van der Waals surface area contributed by atoms with Gasteiger partial charge in [0.1, 0.15) is 5.56 Å². The minimum absolute atomic E-state index is 0.0148. The molecule has 1 aromatic carbocycles. The third-order valence-corrected chi connectivity index (χ3v) is 6.04. The first kappa shape index (κ1) is 21.0. The zero-order chi connectivity index (χ0) is 22.4. The van der Waals surface area contributed by atoms with E-state index in [0.717, 1.165) is 33.2 Å². The normalized spacial score (nSPS) is 18.2. The van der Waals surface area contributed by atoms with Gasteiger partial charge in [0.15, 0.2) is 11.5 Å². The van der Waals surface area contributed by atoms with E-state index in [2.05, 4.69) is 9.89 Å². The van der Waals surface area contributed by atoms with Crippen LogP contribution in [0, 0.1) is 0 Å². The van der Waals surface area contributed by atoms with Crippen molar-refractivity contribution in [3.8, 4) is 23.1 Å². The Morgan fingerprint density at radius 1 is 1.26 bits per heavy atom. The van der Waals surface area contributed by atoms with Gasteiger partial charge in [-0.3, -0.25) is 23.8 Å². The summed E-state index contributed by atoms with van der Waals surface area (Å²) >= 11 is 0. The molecule has 2 aromatic rings. The highest BCUT2D eigenvalue weighted by molar-refractivity contribution is 6.00. The molecule has 10 heteroatoms. The number of likely N-dealkylation sites (N-methyl/N-ethyl adjacent to an activating group) is 1. The molecule has 0 amide bonds. The first-order valence-electron chi connectivity index (χ1n) is 9.96. The average Bonchev–Trinajstić information content (AvgIpc) is 3.22. The highest BCUT2D eigenvalue weighted by Gasteiger charge is 2.34. The first-order valence-corrected chi connectivity index (χ1v) is 9.96. The van der Waals surface area contributed by atoms with Crippen LogP contribution in [0.25, 0.3) is 0 Å². The molecule has 4 rings (SSSR count). The lowest BCUT2D eigenvalue weighted by molar-refractivity contribution is 0.170. The Morgan fingerprint density at radius 2 is 2.00 bits per heavy atom. The van der Waals surface area contributed by atoms with E-state index in [4.69, 9.17) is 14.2 Å². The molecule has 166 valence electrons. The van der Waals surface area contributed by atoms with Crippen molar-refractivity contribution in [2.45, 2.75) is 19.4 Å². The summed E-state index contributed by atoms with van der Waals surface area (Å²) in [5.41, 5.74) is 1.28. The second kappa shape index (κ2) is 7.77. The number of benzene rings is 1. The number of hydrogen-bond acceptors (Lipinski definition) is 8. The minimum atomic E-state index is -0.596. The predicted octanol–water partition coefficient (Wildman–Crippen LogP) is 0.565. The van der Waals surface area contributed by atoms with Crippen LogP contribution in [0.5, 0.6) is 23.1 Å². The summed E-state index contributed by atoms with van der Waals surface area (Å²) < 4.78 is 18.9. The molecule has 0 unspecified atom stereocenters. The number of ether oxygens (including phenoxy) is 3. The molecular weight excluding hydrogens is 404 g/mol. The van der Waals surface area contributed by atoms with E-state index in [1.165, 1.54) is 14.1 Å². The summed E-state index contributed by atoms with van der Waals surface area (Å²) in [6, 6.07) is 1.87. The van der Waals surface area contributed by atoms with E-state index in [-0.39, 0.29) is 18.4 Å². The van der Waals surface area contributed by atoms with Crippen molar-refractivity contribution >= 4 is 5.71 Å². The van der Waals surface area contributed by atoms with Crippen LogP contribution < -0.4 is 25.5 Å². The van der Waals surface area contributed by atoms with Crippen LogP contribution in [0.4, 0.5) is 0 Å². The van der Waals surface area contributed by atoms with Crippen molar-refractivity contribution < 1.29 is 19.3 Å². The predicted molar refractivity (Wildman–Crippen MR) is 114 cm³/mol. The van der Waals surface area contributed by atoms with Gasteiger partial charge in [0.2, 0.25) is 18.4 Å². The summed E-state index contributed by atoms with van der Waals surface area (Å²) in [5, 5.41) is 10.4. The Balaban J connectivity index is 1.76. The topological polar surface area (TPSA) is 108 Å². The Bertz CT molecular complexity index is 1200. The maximum absolute atomic E-state index is 12.6. The van der Waals surface area contributed by atoms with Gasteiger partial charge in [-0.15, -0.1) is 0 Å². The van der Waals surface area contributed by atoms with Crippen LogP contribution >= 0.6 is 0 Å². The van der Waals surface area contributed by atoms with E-state index >= 15 is 0 Å². The molecule has 1 aromatic heterocycles. The van der Waals surface area contributed by atoms with Crippen molar-refractivity contribution in [1.29, 1.82) is 0 Å². The third-order valence-electron chi connectivity index (χ3n) is 6.04. The zero-order valence-corrected chi connectivity index (χ0v) is 18.3. The van der Waals surface area contributed by atoms with E-state index in [1.807, 2.05) is 13.1 Å². The van der Waals surface area contributed by atoms with Crippen LogP contribution in [0.2, 0.25) is 0 Å². The maximum Gasteiger partial charge on any atom is 0.333 e. The van der Waals surface area contributed by atoms with Gasteiger partial charge >= 0.3 is 5.69 Å². The second-order valence-electron chi connectivity index (χ2n) is 7.79. The van der Waals surface area contributed by atoms with Crippen molar-refractivity contribution in [1.82, 2.24) is 14.0 Å². The van der Waals surface area contributed by atoms with Gasteiger partial charge in [-0.05, 0) is 32.0 Å². The van der Waals surface area contributed by atoms with Crippen LogP contribution in [0.3, 0.4) is 0 Å². The summed E-state index contributed by atoms with van der Waals surface area (Å²) in [6.07, 6.45) is 0.833. The highest BCUT2D eigenvalue weighted by Crippen LogP contribution is 2.49. The number of rotatable bonds is 4. The fourth-order valence-corrected chi connectivity index (χ4v) is 4.21. The van der Waals surface area contributed by atoms with Crippen LogP contribution in [0.1, 0.15) is 29.7 Å². The van der Waals surface area contributed by atoms with Crippen LogP contribution in [0.15, 0.2) is 20.6 Å². The van der Waals surface area contributed by atoms with E-state index in [9.17, 15) is 14.7 Å². The fraction of sp³-hybridized carbons (Fsp3) is 0.476. The van der Waals surface area contributed by atoms with Crippen LogP contribution in [-0.4, -0.2) is 58.9 Å². The lowest BCUT2D eigenvalue weighted by Crippen LogP contribution is -2.40. The summed E-state index contributed by atoms with van der Waals surface area (Å²) in [5.74, 6) is 1.51. The molecular formula is C21H26N4O6. The Labute approximate surface area is 178 Å². The van der Waals surface area contributed by atoms with Crippen molar-refractivity contribution in [3.05, 3.63) is 43.6 Å². The molecule has 3 heterocycles. The smallest absolute Gasteiger partial charge is 0.333 e. The van der Waals surface area contributed by atoms with Gasteiger partial charge in [0.25, 0.3) is 5.56 Å². The van der Waals surface area contributed by atoms with Gasteiger partial charge in [-0.2, -0.15) is 0 Å². The summed E-state index contributed by atoms with van der Waals surface area (Å²) in [7, 11) is 6.39. The Morgan fingerprint density at radius 3 is 2.71 bits per heavy atom. The average molecular weight is 430 g/mol. The summed E-state index contributed by atoms with van der Waals surface area (Å²) in [4.78, 5) is 31.4. The Hall–Kier alpha value is -3.27. The van der Waals surface area contributed by atoms with Crippen LogP contribution in [-0.2, 0) is 20.5 Å². The fourth-order valence-electron chi connectivity index (χ4n) is 4.21. The van der Waals surface area contributed by atoms with Crippen molar-refractivity contribution in [2.75, 3.05) is 34.0 Å². The molecule has 0 spiro atoms. The SMILES string of the molecule is COc1c2c(cc3c1[C@@H](CN=C(C)c1c(O)n(C)c(=O)n(C)c1=O)N(C)CC3)OCO2. The number of aromatic nitrogens is 2. The Kier molecular flexibility index (Phi) is 5.26. The largest absolute Gasteiger partial charge is 0.494 e. The van der Waals surface area contributed by atoms with Crippen molar-refractivity contribution in [2.24, 2.45) is 19.1 Å².